The van der Waals surface area contributed by atoms with Crippen LogP contribution < -0.4 is 5.32 Å². The third-order valence-corrected chi connectivity index (χ3v) is 3.05. The van der Waals surface area contributed by atoms with Crippen LogP contribution in [0.4, 0.5) is 17.6 Å². The third kappa shape index (κ3) is 5.00. The molecule has 0 aliphatic rings. The van der Waals surface area contributed by atoms with Gasteiger partial charge in [-0.1, -0.05) is 13.8 Å². The molecule has 0 bridgehead atoms. The van der Waals surface area contributed by atoms with E-state index >= 15 is 0 Å². The SMILES string of the molecule is CC(C)C(CCO)NC(=O)c1cc(F)cc(C(F)(F)F)c1. The highest BCUT2D eigenvalue weighted by atomic mass is 19.4. The van der Waals surface area contributed by atoms with Crippen molar-refractivity contribution < 1.29 is 27.5 Å². The molecule has 0 heterocycles. The van der Waals surface area contributed by atoms with Crippen LogP contribution in [0, 0.1) is 11.7 Å². The van der Waals surface area contributed by atoms with Gasteiger partial charge in [-0.25, -0.2) is 4.39 Å². The maximum absolute atomic E-state index is 13.2. The number of aliphatic hydroxyl groups excluding tert-OH is 1. The summed E-state index contributed by atoms with van der Waals surface area (Å²) in [5, 5.41) is 11.4. The van der Waals surface area contributed by atoms with Crippen molar-refractivity contribution in [3.8, 4) is 0 Å². The minimum atomic E-state index is -4.72. The number of hydrogen-bond acceptors (Lipinski definition) is 2. The molecule has 1 amide bonds. The molecule has 1 rings (SSSR count). The van der Waals surface area contributed by atoms with E-state index in [0.29, 0.717) is 12.1 Å². The Morgan fingerprint density at radius 2 is 1.90 bits per heavy atom. The summed E-state index contributed by atoms with van der Waals surface area (Å²) < 4.78 is 51.0. The quantitative estimate of drug-likeness (QED) is 0.822. The van der Waals surface area contributed by atoms with Gasteiger partial charge in [0.05, 0.1) is 5.56 Å². The van der Waals surface area contributed by atoms with E-state index in [1.165, 1.54) is 0 Å². The fraction of sp³-hybridized carbons (Fsp3) is 0.500. The van der Waals surface area contributed by atoms with E-state index in [-0.39, 0.29) is 18.9 Å². The summed E-state index contributed by atoms with van der Waals surface area (Å²) in [6, 6.07) is 1.29. The molecule has 1 atom stereocenters. The Morgan fingerprint density at radius 1 is 1.29 bits per heavy atom. The van der Waals surface area contributed by atoms with E-state index in [2.05, 4.69) is 5.32 Å². The van der Waals surface area contributed by atoms with Crippen LogP contribution in [0.2, 0.25) is 0 Å². The molecule has 1 aromatic rings. The number of alkyl halides is 3. The van der Waals surface area contributed by atoms with Gasteiger partial charge in [-0.2, -0.15) is 13.2 Å². The summed E-state index contributed by atoms with van der Waals surface area (Å²) >= 11 is 0. The zero-order chi connectivity index (χ0) is 16.2. The summed E-state index contributed by atoms with van der Waals surface area (Å²) in [5.74, 6) is -1.94. The van der Waals surface area contributed by atoms with Crippen LogP contribution in [-0.4, -0.2) is 23.7 Å². The number of aliphatic hydroxyl groups is 1. The molecule has 0 aliphatic heterocycles. The maximum Gasteiger partial charge on any atom is 0.416 e. The van der Waals surface area contributed by atoms with Crippen molar-refractivity contribution in [2.45, 2.75) is 32.5 Å². The predicted molar refractivity (Wildman–Crippen MR) is 69.2 cm³/mol. The molecule has 0 fully saturated rings. The lowest BCUT2D eigenvalue weighted by molar-refractivity contribution is -0.137. The van der Waals surface area contributed by atoms with Gasteiger partial charge in [0.15, 0.2) is 0 Å². The number of halogens is 4. The molecule has 118 valence electrons. The largest absolute Gasteiger partial charge is 0.416 e. The van der Waals surface area contributed by atoms with E-state index in [4.69, 9.17) is 5.11 Å². The Hall–Kier alpha value is -1.63. The first kappa shape index (κ1) is 17.4. The lowest BCUT2D eigenvalue weighted by Gasteiger charge is -2.21. The second-order valence-electron chi connectivity index (χ2n) is 5.06. The number of nitrogens with one attached hydrogen (secondary N) is 1. The van der Waals surface area contributed by atoms with Crippen molar-refractivity contribution in [2.24, 2.45) is 5.92 Å². The molecule has 0 aliphatic carbocycles. The van der Waals surface area contributed by atoms with E-state index in [1.807, 2.05) is 0 Å². The van der Waals surface area contributed by atoms with Crippen LogP contribution >= 0.6 is 0 Å². The molecule has 1 aromatic carbocycles. The average molecular weight is 307 g/mol. The van der Waals surface area contributed by atoms with Gasteiger partial charge in [-0.15, -0.1) is 0 Å². The average Bonchev–Trinajstić information content (AvgIpc) is 2.36. The molecule has 1 unspecified atom stereocenters. The third-order valence-electron chi connectivity index (χ3n) is 3.05. The molecule has 2 N–H and O–H groups in total. The number of hydrogen-bond donors (Lipinski definition) is 2. The molecule has 0 aromatic heterocycles. The van der Waals surface area contributed by atoms with Gasteiger partial charge in [0.1, 0.15) is 5.82 Å². The zero-order valence-corrected chi connectivity index (χ0v) is 11.7. The molecule has 3 nitrogen and oxygen atoms in total. The van der Waals surface area contributed by atoms with Crippen molar-refractivity contribution in [3.05, 3.63) is 35.1 Å². The van der Waals surface area contributed by atoms with E-state index < -0.39 is 35.1 Å². The van der Waals surface area contributed by atoms with Gasteiger partial charge in [-0.3, -0.25) is 4.79 Å². The van der Waals surface area contributed by atoms with Crippen molar-refractivity contribution >= 4 is 5.91 Å². The minimum Gasteiger partial charge on any atom is -0.396 e. The summed E-state index contributed by atoms with van der Waals surface area (Å²) in [4.78, 5) is 11.9. The Morgan fingerprint density at radius 3 is 2.38 bits per heavy atom. The highest BCUT2D eigenvalue weighted by Gasteiger charge is 2.32. The summed E-state index contributed by atoms with van der Waals surface area (Å²) in [7, 11) is 0. The topological polar surface area (TPSA) is 49.3 Å². The van der Waals surface area contributed by atoms with Crippen molar-refractivity contribution in [3.63, 3.8) is 0 Å². The minimum absolute atomic E-state index is 0.0169. The van der Waals surface area contributed by atoms with Gasteiger partial charge in [0.2, 0.25) is 0 Å². The van der Waals surface area contributed by atoms with Crippen LogP contribution in [0.1, 0.15) is 36.2 Å². The first-order chi connectivity index (χ1) is 9.65. The van der Waals surface area contributed by atoms with Crippen LogP contribution in [-0.2, 0) is 6.18 Å². The summed E-state index contributed by atoms with van der Waals surface area (Å²) in [6.07, 6.45) is -4.45. The molecule has 7 heteroatoms. The first-order valence-corrected chi connectivity index (χ1v) is 6.44. The van der Waals surface area contributed by atoms with Gasteiger partial charge < -0.3 is 10.4 Å². The molecule has 0 saturated carbocycles. The van der Waals surface area contributed by atoms with Gasteiger partial charge in [-0.05, 0) is 30.5 Å². The number of carbonyl (C=O) groups excluding carboxylic acids is 1. The van der Waals surface area contributed by atoms with Crippen LogP contribution in [0.25, 0.3) is 0 Å². The fourth-order valence-corrected chi connectivity index (χ4v) is 1.85. The molecule has 21 heavy (non-hydrogen) atoms. The van der Waals surface area contributed by atoms with Gasteiger partial charge >= 0.3 is 6.18 Å². The maximum atomic E-state index is 13.2. The van der Waals surface area contributed by atoms with E-state index in [1.54, 1.807) is 13.8 Å². The number of carbonyl (C=O) groups is 1. The summed E-state index contributed by atoms with van der Waals surface area (Å²) in [5.41, 5.74) is -1.61. The smallest absolute Gasteiger partial charge is 0.396 e. The van der Waals surface area contributed by atoms with Crippen molar-refractivity contribution in [1.82, 2.24) is 5.32 Å². The van der Waals surface area contributed by atoms with E-state index in [0.717, 1.165) is 6.07 Å². The number of benzene rings is 1. The van der Waals surface area contributed by atoms with E-state index in [9.17, 15) is 22.4 Å². The summed E-state index contributed by atoms with van der Waals surface area (Å²) in [6.45, 7) is 3.43. The highest BCUT2D eigenvalue weighted by Crippen LogP contribution is 2.30. The lowest BCUT2D eigenvalue weighted by atomic mass is 10.0. The standard InChI is InChI=1S/C14H17F4NO2/c1-8(2)12(3-4-20)19-13(21)9-5-10(14(16,17)18)7-11(15)6-9/h5-8,12,20H,3-4H2,1-2H3,(H,19,21). The van der Waals surface area contributed by atoms with Crippen LogP contribution in [0.3, 0.4) is 0 Å². The number of rotatable bonds is 5. The molecular weight excluding hydrogens is 290 g/mol. The molecule has 0 radical (unpaired) electrons. The Balaban J connectivity index is 2.99. The van der Waals surface area contributed by atoms with Crippen molar-refractivity contribution in [2.75, 3.05) is 6.61 Å². The van der Waals surface area contributed by atoms with Crippen LogP contribution in [0.5, 0.6) is 0 Å². The second-order valence-corrected chi connectivity index (χ2v) is 5.06. The molecular formula is C14H17F4NO2. The lowest BCUT2D eigenvalue weighted by Crippen LogP contribution is -2.39. The Labute approximate surface area is 120 Å². The first-order valence-electron chi connectivity index (χ1n) is 6.44. The van der Waals surface area contributed by atoms with Gasteiger partial charge in [0.25, 0.3) is 5.91 Å². The number of amides is 1. The van der Waals surface area contributed by atoms with Gasteiger partial charge in [0, 0.05) is 18.2 Å². The predicted octanol–water partition coefficient (Wildman–Crippen LogP) is 2.98. The molecule has 0 spiro atoms. The monoisotopic (exact) mass is 307 g/mol. The fourth-order valence-electron chi connectivity index (χ4n) is 1.85. The molecule has 0 saturated heterocycles. The van der Waals surface area contributed by atoms with Crippen molar-refractivity contribution in [1.29, 1.82) is 0 Å². The Kier molecular flexibility index (Phi) is 5.71. The van der Waals surface area contributed by atoms with Crippen LogP contribution in [0.15, 0.2) is 18.2 Å². The second kappa shape index (κ2) is 6.89. The normalized spacial score (nSPS) is 13.3. The Bertz CT molecular complexity index is 500. The zero-order valence-electron chi connectivity index (χ0n) is 11.7. The highest BCUT2D eigenvalue weighted by molar-refractivity contribution is 5.94.